The summed E-state index contributed by atoms with van der Waals surface area (Å²) in [5.74, 6) is 0.998. The van der Waals surface area contributed by atoms with Crippen LogP contribution in [0.1, 0.15) is 34.6 Å². The topological polar surface area (TPSA) is 101 Å². The van der Waals surface area contributed by atoms with E-state index in [1.807, 2.05) is 32.2 Å². The normalized spacial score (nSPS) is 16.2. The van der Waals surface area contributed by atoms with E-state index in [0.29, 0.717) is 24.6 Å². The summed E-state index contributed by atoms with van der Waals surface area (Å²) in [6.07, 6.45) is -0.0659. The van der Waals surface area contributed by atoms with Crippen molar-refractivity contribution in [3.05, 3.63) is 75.2 Å². The van der Waals surface area contributed by atoms with Gasteiger partial charge in [-0.05, 0) is 56.1 Å². The maximum Gasteiger partial charge on any atom is 0.418 e. The van der Waals surface area contributed by atoms with Crippen molar-refractivity contribution in [2.45, 2.75) is 38.9 Å². The van der Waals surface area contributed by atoms with E-state index in [2.05, 4.69) is 30.7 Å². The van der Waals surface area contributed by atoms with Gasteiger partial charge in [-0.25, -0.2) is 14.6 Å². The second kappa shape index (κ2) is 8.81. The first kappa shape index (κ1) is 23.0. The lowest BCUT2D eigenvalue weighted by molar-refractivity contribution is -0.136. The Balaban J connectivity index is 1.46. The predicted octanol–water partition coefficient (Wildman–Crippen LogP) is 3.50. The van der Waals surface area contributed by atoms with E-state index in [1.165, 1.54) is 6.07 Å². The molecule has 0 radical (unpaired) electrons. The van der Waals surface area contributed by atoms with E-state index in [9.17, 15) is 18.0 Å². The summed E-state index contributed by atoms with van der Waals surface area (Å²) in [5.41, 5.74) is 1.41. The molecule has 182 valence electrons. The van der Waals surface area contributed by atoms with Gasteiger partial charge in [-0.1, -0.05) is 6.07 Å². The SMILES string of the molecule is Cc1cn(-c2ccc(Cc3nc4cc(NC5CCNC5)c(C(F)(F)F)cc4c(=O)[nH]3)cn2)nc1C. The van der Waals surface area contributed by atoms with Crippen LogP contribution in [0.2, 0.25) is 0 Å². The van der Waals surface area contributed by atoms with E-state index in [4.69, 9.17) is 0 Å². The maximum absolute atomic E-state index is 13.7. The van der Waals surface area contributed by atoms with Crippen molar-refractivity contribution < 1.29 is 13.2 Å². The Bertz CT molecular complexity index is 1420. The number of nitrogens with zero attached hydrogens (tertiary/aromatic N) is 4. The third-order valence-electron chi connectivity index (χ3n) is 6.18. The third-order valence-corrected chi connectivity index (χ3v) is 6.18. The number of hydrogen-bond donors (Lipinski definition) is 3. The Morgan fingerprint density at radius 3 is 2.69 bits per heavy atom. The zero-order valence-electron chi connectivity index (χ0n) is 19.2. The van der Waals surface area contributed by atoms with Crippen molar-refractivity contribution >= 4 is 16.6 Å². The lowest BCUT2D eigenvalue weighted by Gasteiger charge is -2.19. The summed E-state index contributed by atoms with van der Waals surface area (Å²) in [4.78, 5) is 24.2. The van der Waals surface area contributed by atoms with Gasteiger partial charge in [0.1, 0.15) is 5.82 Å². The largest absolute Gasteiger partial charge is 0.418 e. The molecule has 8 nitrogen and oxygen atoms in total. The number of anilines is 1. The van der Waals surface area contributed by atoms with Crippen LogP contribution in [0.25, 0.3) is 16.7 Å². The molecule has 35 heavy (non-hydrogen) atoms. The zero-order chi connectivity index (χ0) is 24.7. The van der Waals surface area contributed by atoms with Gasteiger partial charge in [0, 0.05) is 37.1 Å². The standard InChI is InChI=1S/C24H24F3N7O/c1-13-12-34(33-14(13)2)22-4-3-15(10-29-22)7-21-31-19-9-20(30-16-5-6-28-11-16)18(24(25,26)27)8-17(19)23(35)32-21/h3-4,8-10,12,16,28,30H,5-7,11H2,1-2H3,(H,31,32,35). The molecule has 1 saturated heterocycles. The van der Waals surface area contributed by atoms with Crippen molar-refractivity contribution in [3.63, 3.8) is 0 Å². The fourth-order valence-corrected chi connectivity index (χ4v) is 4.18. The third kappa shape index (κ3) is 4.76. The molecule has 3 N–H and O–H groups in total. The van der Waals surface area contributed by atoms with Crippen molar-refractivity contribution in [2.75, 3.05) is 18.4 Å². The second-order valence-corrected chi connectivity index (χ2v) is 8.80. The zero-order valence-corrected chi connectivity index (χ0v) is 19.2. The molecule has 1 aliphatic heterocycles. The van der Waals surface area contributed by atoms with Gasteiger partial charge >= 0.3 is 6.18 Å². The summed E-state index contributed by atoms with van der Waals surface area (Å²) in [5, 5.41) is 10.4. The van der Waals surface area contributed by atoms with Gasteiger partial charge in [0.05, 0.1) is 22.2 Å². The summed E-state index contributed by atoms with van der Waals surface area (Å²) < 4.78 is 42.9. The number of halogens is 3. The molecule has 1 fully saturated rings. The highest BCUT2D eigenvalue weighted by molar-refractivity contribution is 5.83. The Morgan fingerprint density at radius 1 is 1.23 bits per heavy atom. The first-order valence-electron chi connectivity index (χ1n) is 11.3. The van der Waals surface area contributed by atoms with Gasteiger partial charge in [-0.15, -0.1) is 0 Å². The van der Waals surface area contributed by atoms with Crippen LogP contribution in [0, 0.1) is 13.8 Å². The average molecular weight is 483 g/mol. The molecule has 0 spiro atoms. The van der Waals surface area contributed by atoms with Gasteiger partial charge in [0.15, 0.2) is 5.82 Å². The van der Waals surface area contributed by atoms with Gasteiger partial charge in [-0.2, -0.15) is 18.3 Å². The van der Waals surface area contributed by atoms with E-state index >= 15 is 0 Å². The molecule has 0 aliphatic carbocycles. The molecule has 0 bridgehead atoms. The molecule has 1 aliphatic rings. The average Bonchev–Trinajstić information content (AvgIpc) is 3.42. The highest BCUT2D eigenvalue weighted by atomic mass is 19.4. The molecule has 1 atom stereocenters. The Kier molecular flexibility index (Phi) is 5.79. The molecule has 1 aromatic carbocycles. The van der Waals surface area contributed by atoms with Crippen LogP contribution in [0.4, 0.5) is 18.9 Å². The summed E-state index contributed by atoms with van der Waals surface area (Å²) in [6.45, 7) is 5.20. The first-order chi connectivity index (χ1) is 16.7. The monoisotopic (exact) mass is 483 g/mol. The van der Waals surface area contributed by atoms with Crippen LogP contribution < -0.4 is 16.2 Å². The highest BCUT2D eigenvalue weighted by Crippen LogP contribution is 2.37. The number of aromatic amines is 1. The van der Waals surface area contributed by atoms with E-state index in [-0.39, 0.29) is 29.1 Å². The minimum Gasteiger partial charge on any atom is -0.380 e. The lowest BCUT2D eigenvalue weighted by Crippen LogP contribution is -2.24. The van der Waals surface area contributed by atoms with Crippen molar-refractivity contribution in [3.8, 4) is 5.82 Å². The Hall–Kier alpha value is -3.73. The van der Waals surface area contributed by atoms with Gasteiger partial charge in [-0.3, -0.25) is 4.79 Å². The minimum absolute atomic E-state index is 0.0708. The van der Waals surface area contributed by atoms with Crippen LogP contribution in [-0.4, -0.2) is 43.9 Å². The number of benzene rings is 1. The minimum atomic E-state index is -4.60. The van der Waals surface area contributed by atoms with Crippen LogP contribution in [0.5, 0.6) is 0 Å². The quantitative estimate of drug-likeness (QED) is 0.402. The summed E-state index contributed by atoms with van der Waals surface area (Å²) >= 11 is 0. The van der Waals surface area contributed by atoms with Crippen molar-refractivity contribution in [1.82, 2.24) is 30.0 Å². The number of rotatable bonds is 5. The molecular weight excluding hydrogens is 459 g/mol. The Labute approximate surface area is 198 Å². The summed E-state index contributed by atoms with van der Waals surface area (Å²) in [7, 11) is 0. The molecule has 0 saturated carbocycles. The van der Waals surface area contributed by atoms with Gasteiger partial charge < -0.3 is 15.6 Å². The number of pyridine rings is 1. The molecule has 3 aromatic heterocycles. The molecule has 5 rings (SSSR count). The van der Waals surface area contributed by atoms with E-state index in [1.54, 1.807) is 10.9 Å². The Morgan fingerprint density at radius 2 is 2.06 bits per heavy atom. The number of H-pyrrole nitrogens is 1. The fraction of sp³-hybridized carbons (Fsp3) is 0.333. The first-order valence-corrected chi connectivity index (χ1v) is 11.3. The highest BCUT2D eigenvalue weighted by Gasteiger charge is 2.35. The molecule has 4 heterocycles. The summed E-state index contributed by atoms with van der Waals surface area (Å²) in [6, 6.07) is 5.74. The van der Waals surface area contributed by atoms with Crippen LogP contribution in [-0.2, 0) is 12.6 Å². The van der Waals surface area contributed by atoms with Crippen LogP contribution in [0.3, 0.4) is 0 Å². The molecule has 11 heteroatoms. The number of fused-ring (bicyclic) bond motifs is 1. The molecular formula is C24H24F3N7O. The van der Waals surface area contributed by atoms with Gasteiger partial charge in [0.2, 0.25) is 0 Å². The van der Waals surface area contributed by atoms with E-state index < -0.39 is 17.3 Å². The van der Waals surface area contributed by atoms with Crippen molar-refractivity contribution in [2.24, 2.45) is 0 Å². The predicted molar refractivity (Wildman–Crippen MR) is 126 cm³/mol. The molecule has 1 unspecified atom stereocenters. The number of alkyl halides is 3. The number of aryl methyl sites for hydroxylation is 2. The van der Waals surface area contributed by atoms with E-state index in [0.717, 1.165) is 29.4 Å². The number of nitrogens with one attached hydrogen (secondary N) is 3. The fourth-order valence-electron chi connectivity index (χ4n) is 4.18. The van der Waals surface area contributed by atoms with Crippen LogP contribution in [0.15, 0.2) is 41.5 Å². The molecule has 4 aromatic rings. The second-order valence-electron chi connectivity index (χ2n) is 8.80. The van der Waals surface area contributed by atoms with Gasteiger partial charge in [0.25, 0.3) is 5.56 Å². The number of hydrogen-bond acceptors (Lipinski definition) is 6. The van der Waals surface area contributed by atoms with Crippen molar-refractivity contribution in [1.29, 1.82) is 0 Å². The molecule has 0 amide bonds. The number of aromatic nitrogens is 5. The lowest BCUT2D eigenvalue weighted by atomic mass is 10.1. The maximum atomic E-state index is 13.7. The van der Waals surface area contributed by atoms with Crippen LogP contribution >= 0.6 is 0 Å². The smallest absolute Gasteiger partial charge is 0.380 e.